The maximum Gasteiger partial charge on any atom is 0.473 e. The number of hydrogen-bond acceptors (Lipinski definition) is 9. The Bertz CT molecular complexity index is 1060. The first-order chi connectivity index (χ1) is 13.2. The molecular weight excluding hydrogens is 368 g/mol. The van der Waals surface area contributed by atoms with Crippen molar-refractivity contribution in [3.63, 3.8) is 0 Å². The zero-order chi connectivity index (χ0) is 20.5. The maximum absolute atomic E-state index is 12.4. The lowest BCUT2D eigenvalue weighted by Crippen LogP contribution is -2.27. The molecule has 11 heteroatoms. The van der Waals surface area contributed by atoms with Crippen LogP contribution >= 0.6 is 0 Å². The Morgan fingerprint density at radius 3 is 2.68 bits per heavy atom. The van der Waals surface area contributed by atoms with E-state index in [1.165, 1.54) is 13.4 Å². The van der Waals surface area contributed by atoms with Gasteiger partial charge in [0, 0.05) is 11.8 Å². The predicted octanol–water partition coefficient (Wildman–Crippen LogP) is 3.27. The zero-order valence-corrected chi connectivity index (χ0v) is 15.7. The van der Waals surface area contributed by atoms with E-state index in [9.17, 15) is 14.9 Å². The lowest BCUT2D eigenvalue weighted by Gasteiger charge is -2.18. The predicted molar refractivity (Wildman–Crippen MR) is 99.9 cm³/mol. The minimum atomic E-state index is -0.756. The highest BCUT2D eigenvalue weighted by molar-refractivity contribution is 5.91. The molecule has 0 radical (unpaired) electrons. The molecule has 3 rings (SSSR count). The molecule has 0 fully saturated rings. The molecule has 146 valence electrons. The van der Waals surface area contributed by atoms with Gasteiger partial charge in [-0.15, -0.1) is 0 Å². The van der Waals surface area contributed by atoms with Crippen LogP contribution < -0.4 is 10.1 Å². The monoisotopic (exact) mass is 386 g/mol. The van der Waals surface area contributed by atoms with Crippen molar-refractivity contribution in [2.24, 2.45) is 0 Å². The summed E-state index contributed by atoms with van der Waals surface area (Å²) in [5.41, 5.74) is -0.0463. The second-order valence-corrected chi connectivity index (χ2v) is 6.75. The molecule has 0 saturated carbocycles. The van der Waals surface area contributed by atoms with E-state index in [2.05, 4.69) is 20.3 Å². The Morgan fingerprint density at radius 2 is 2.04 bits per heavy atom. The van der Waals surface area contributed by atoms with Crippen LogP contribution in [0.5, 0.6) is 5.75 Å². The van der Waals surface area contributed by atoms with E-state index in [0.717, 1.165) is 4.57 Å². The summed E-state index contributed by atoms with van der Waals surface area (Å²) in [6.45, 7) is 5.12. The number of benzene rings is 1. The SMILES string of the molecule is COc1cccc(Nc2nc([N+](=O)[O-])nc3c2ncn3C(=O)OC(C)(C)C)c1. The fourth-order valence-corrected chi connectivity index (χ4v) is 2.34. The third-order valence-electron chi connectivity index (χ3n) is 3.47. The number of ether oxygens (including phenoxy) is 2. The second-order valence-electron chi connectivity index (χ2n) is 6.75. The molecule has 0 saturated heterocycles. The average molecular weight is 386 g/mol. The van der Waals surface area contributed by atoms with Crippen LogP contribution in [0.3, 0.4) is 0 Å². The van der Waals surface area contributed by atoms with Gasteiger partial charge in [0.05, 0.1) is 7.11 Å². The second kappa shape index (κ2) is 7.10. The summed E-state index contributed by atoms with van der Waals surface area (Å²) in [4.78, 5) is 34.8. The van der Waals surface area contributed by atoms with Crippen molar-refractivity contribution < 1.29 is 19.2 Å². The molecule has 28 heavy (non-hydrogen) atoms. The molecule has 0 atom stereocenters. The fraction of sp³-hybridized carbons (Fsp3) is 0.294. The van der Waals surface area contributed by atoms with Crippen LogP contribution in [0, 0.1) is 10.1 Å². The number of rotatable bonds is 4. The Balaban J connectivity index is 2.09. The van der Waals surface area contributed by atoms with Crippen molar-refractivity contribution in [1.29, 1.82) is 0 Å². The van der Waals surface area contributed by atoms with Crippen molar-refractivity contribution in [2.75, 3.05) is 12.4 Å². The van der Waals surface area contributed by atoms with Gasteiger partial charge in [-0.3, -0.25) is 0 Å². The Morgan fingerprint density at radius 1 is 1.29 bits per heavy atom. The van der Waals surface area contributed by atoms with Crippen molar-refractivity contribution in [2.45, 2.75) is 26.4 Å². The van der Waals surface area contributed by atoms with Gasteiger partial charge < -0.3 is 24.9 Å². The number of carbonyl (C=O) groups is 1. The number of nitro groups is 1. The van der Waals surface area contributed by atoms with Gasteiger partial charge in [-0.25, -0.2) is 14.3 Å². The zero-order valence-electron chi connectivity index (χ0n) is 15.7. The summed E-state index contributed by atoms with van der Waals surface area (Å²) in [6, 6.07) is 6.91. The molecule has 1 N–H and O–H groups in total. The molecule has 3 aromatic rings. The average Bonchev–Trinajstić information content (AvgIpc) is 3.05. The summed E-state index contributed by atoms with van der Waals surface area (Å²) in [5.74, 6) is -0.0143. The highest BCUT2D eigenvalue weighted by atomic mass is 16.6. The van der Waals surface area contributed by atoms with Crippen molar-refractivity contribution in [1.82, 2.24) is 19.5 Å². The highest BCUT2D eigenvalue weighted by Gasteiger charge is 2.27. The first-order valence-corrected chi connectivity index (χ1v) is 8.22. The van der Waals surface area contributed by atoms with Crippen LogP contribution in [-0.4, -0.2) is 43.2 Å². The van der Waals surface area contributed by atoms with E-state index in [1.54, 1.807) is 45.0 Å². The maximum atomic E-state index is 12.4. The molecule has 2 aromatic heterocycles. The lowest BCUT2D eigenvalue weighted by atomic mass is 10.2. The van der Waals surface area contributed by atoms with Gasteiger partial charge in [0.2, 0.25) is 5.82 Å². The molecule has 0 unspecified atom stereocenters. The number of methoxy groups -OCH3 is 1. The highest BCUT2D eigenvalue weighted by Crippen LogP contribution is 2.27. The minimum Gasteiger partial charge on any atom is -0.497 e. The van der Waals surface area contributed by atoms with Crippen LogP contribution in [0.2, 0.25) is 0 Å². The van der Waals surface area contributed by atoms with Gasteiger partial charge in [0.25, 0.3) is 5.65 Å². The molecule has 11 nitrogen and oxygen atoms in total. The molecular formula is C17H18N6O5. The first kappa shape index (κ1) is 19.0. The smallest absolute Gasteiger partial charge is 0.473 e. The normalized spacial score (nSPS) is 11.3. The van der Waals surface area contributed by atoms with E-state index in [0.29, 0.717) is 11.4 Å². The fourth-order valence-electron chi connectivity index (χ4n) is 2.34. The Kier molecular flexibility index (Phi) is 4.82. The van der Waals surface area contributed by atoms with E-state index >= 15 is 0 Å². The van der Waals surface area contributed by atoms with E-state index < -0.39 is 22.6 Å². The first-order valence-electron chi connectivity index (χ1n) is 8.22. The molecule has 0 amide bonds. The standard InChI is InChI=1S/C17H18N6O5/c1-17(2,3)28-16(24)22-9-18-12-13(20-15(23(25)26)21-14(12)22)19-10-6-5-7-11(8-10)27-4/h5-9H,1-4H3,(H,19,20,21). The molecule has 0 bridgehead atoms. The number of fused-ring (bicyclic) bond motifs is 1. The number of anilines is 2. The Hall–Kier alpha value is -3.76. The van der Waals surface area contributed by atoms with Gasteiger partial charge in [-0.2, -0.15) is 0 Å². The summed E-state index contributed by atoms with van der Waals surface area (Å²) in [7, 11) is 1.52. The minimum absolute atomic E-state index is 0.0404. The quantitative estimate of drug-likeness (QED) is 0.529. The number of imidazole rings is 1. The molecule has 1 aromatic carbocycles. The van der Waals surface area contributed by atoms with Gasteiger partial charge >= 0.3 is 12.0 Å². The van der Waals surface area contributed by atoms with Crippen molar-refractivity contribution >= 4 is 34.7 Å². The van der Waals surface area contributed by atoms with Gasteiger partial charge in [0.1, 0.15) is 17.7 Å². The van der Waals surface area contributed by atoms with Gasteiger partial charge in [-0.1, -0.05) is 6.07 Å². The summed E-state index contributed by atoms with van der Waals surface area (Å²) < 4.78 is 11.5. The molecule has 0 aliphatic carbocycles. The molecule has 0 spiro atoms. The van der Waals surface area contributed by atoms with Gasteiger partial charge in [0.15, 0.2) is 5.52 Å². The van der Waals surface area contributed by atoms with E-state index in [-0.39, 0.29) is 17.0 Å². The van der Waals surface area contributed by atoms with Crippen molar-refractivity contribution in [3.8, 4) is 5.75 Å². The number of hydrogen-bond donors (Lipinski definition) is 1. The summed E-state index contributed by atoms with van der Waals surface area (Å²) in [6.07, 6.45) is 0.434. The largest absolute Gasteiger partial charge is 0.497 e. The number of aromatic nitrogens is 4. The molecule has 0 aliphatic heterocycles. The van der Waals surface area contributed by atoms with Gasteiger partial charge in [-0.05, 0) is 47.8 Å². The van der Waals surface area contributed by atoms with Crippen LogP contribution in [-0.2, 0) is 4.74 Å². The number of nitrogens with zero attached hydrogens (tertiary/aromatic N) is 5. The molecule has 2 heterocycles. The number of carbonyl (C=O) groups excluding carboxylic acids is 1. The third kappa shape index (κ3) is 3.98. The van der Waals surface area contributed by atoms with E-state index in [1.807, 2.05) is 0 Å². The number of nitrogens with one attached hydrogen (secondary N) is 1. The third-order valence-corrected chi connectivity index (χ3v) is 3.47. The lowest BCUT2D eigenvalue weighted by molar-refractivity contribution is -0.394. The van der Waals surface area contributed by atoms with E-state index in [4.69, 9.17) is 9.47 Å². The van der Waals surface area contributed by atoms with Crippen LogP contribution in [0.4, 0.5) is 22.2 Å². The topological polar surface area (TPSA) is 134 Å². The Labute approximate surface area is 159 Å². The molecule has 0 aliphatic rings. The van der Waals surface area contributed by atoms with Crippen LogP contribution in [0.25, 0.3) is 11.2 Å². The summed E-state index contributed by atoms with van der Waals surface area (Å²) >= 11 is 0. The summed E-state index contributed by atoms with van der Waals surface area (Å²) in [5, 5.41) is 14.2. The van der Waals surface area contributed by atoms with Crippen LogP contribution in [0.15, 0.2) is 30.6 Å². The van der Waals surface area contributed by atoms with Crippen LogP contribution in [0.1, 0.15) is 20.8 Å². The van der Waals surface area contributed by atoms with Crippen molar-refractivity contribution in [3.05, 3.63) is 40.7 Å².